The molecule has 0 saturated heterocycles. The van der Waals surface area contributed by atoms with E-state index in [9.17, 15) is 4.39 Å². The summed E-state index contributed by atoms with van der Waals surface area (Å²) in [6, 6.07) is 13.1. The van der Waals surface area contributed by atoms with Crippen LogP contribution in [0.25, 0.3) is 10.8 Å². The Morgan fingerprint density at radius 2 is 2.17 bits per heavy atom. The van der Waals surface area contributed by atoms with E-state index in [0.29, 0.717) is 6.61 Å². The molecule has 0 spiro atoms. The fourth-order valence-corrected chi connectivity index (χ4v) is 3.15. The summed E-state index contributed by atoms with van der Waals surface area (Å²) < 4.78 is 19.2. The third-order valence-corrected chi connectivity index (χ3v) is 4.32. The number of nitrogens with zero attached hydrogens (tertiary/aromatic N) is 1. The van der Waals surface area contributed by atoms with E-state index in [-0.39, 0.29) is 11.9 Å². The van der Waals surface area contributed by atoms with Crippen molar-refractivity contribution in [1.29, 1.82) is 0 Å². The molecule has 2 aromatic carbocycles. The summed E-state index contributed by atoms with van der Waals surface area (Å²) in [5.74, 6) is 0.551. The summed E-state index contributed by atoms with van der Waals surface area (Å²) in [5.41, 5.74) is 2.12. The van der Waals surface area contributed by atoms with E-state index in [4.69, 9.17) is 4.74 Å². The van der Waals surface area contributed by atoms with Crippen molar-refractivity contribution in [2.75, 3.05) is 6.61 Å². The number of benzene rings is 2. The van der Waals surface area contributed by atoms with Gasteiger partial charge in [-0.05, 0) is 35.2 Å². The van der Waals surface area contributed by atoms with E-state index in [0.717, 1.165) is 29.7 Å². The Bertz CT molecular complexity index is 844. The van der Waals surface area contributed by atoms with E-state index in [1.165, 1.54) is 17.0 Å². The van der Waals surface area contributed by atoms with Gasteiger partial charge in [0.2, 0.25) is 0 Å². The van der Waals surface area contributed by atoms with Crippen LogP contribution in [-0.4, -0.2) is 11.6 Å². The van der Waals surface area contributed by atoms with Gasteiger partial charge in [-0.15, -0.1) is 0 Å². The fraction of sp³-hybridized carbons (Fsp3) is 0.211. The van der Waals surface area contributed by atoms with Gasteiger partial charge in [0.05, 0.1) is 6.61 Å². The number of rotatable bonds is 3. The minimum Gasteiger partial charge on any atom is -0.493 e. The van der Waals surface area contributed by atoms with Gasteiger partial charge in [-0.3, -0.25) is 4.98 Å². The van der Waals surface area contributed by atoms with Gasteiger partial charge in [0, 0.05) is 42.4 Å². The minimum atomic E-state index is -0.225. The normalized spacial score (nSPS) is 16.8. The maximum atomic E-state index is 13.5. The minimum absolute atomic E-state index is 0.103. The monoisotopic (exact) mass is 308 g/mol. The Morgan fingerprint density at radius 1 is 1.22 bits per heavy atom. The molecule has 1 atom stereocenters. The number of ether oxygens (including phenoxy) is 1. The molecule has 1 aliphatic heterocycles. The predicted octanol–water partition coefficient (Wildman–Crippen LogP) is 3.99. The second-order valence-corrected chi connectivity index (χ2v) is 5.77. The van der Waals surface area contributed by atoms with Crippen molar-refractivity contribution in [2.45, 2.75) is 19.0 Å². The quantitative estimate of drug-likeness (QED) is 0.794. The molecule has 116 valence electrons. The molecule has 1 aliphatic rings. The summed E-state index contributed by atoms with van der Waals surface area (Å²) in [4.78, 5) is 4.16. The highest BCUT2D eigenvalue weighted by molar-refractivity contribution is 5.84. The van der Waals surface area contributed by atoms with E-state index in [1.807, 2.05) is 24.5 Å². The van der Waals surface area contributed by atoms with Crippen molar-refractivity contribution in [3.8, 4) is 5.75 Å². The Morgan fingerprint density at radius 3 is 3.13 bits per heavy atom. The third kappa shape index (κ3) is 2.78. The van der Waals surface area contributed by atoms with Gasteiger partial charge in [0.1, 0.15) is 11.6 Å². The van der Waals surface area contributed by atoms with Crippen molar-refractivity contribution in [2.24, 2.45) is 0 Å². The van der Waals surface area contributed by atoms with Gasteiger partial charge < -0.3 is 10.1 Å². The third-order valence-electron chi connectivity index (χ3n) is 4.32. The molecule has 0 unspecified atom stereocenters. The molecule has 4 rings (SSSR count). The molecule has 0 amide bonds. The highest BCUT2D eigenvalue weighted by atomic mass is 19.1. The number of aromatic nitrogens is 1. The zero-order chi connectivity index (χ0) is 15.6. The van der Waals surface area contributed by atoms with Crippen LogP contribution in [0.15, 0.2) is 54.9 Å². The largest absolute Gasteiger partial charge is 0.493 e. The molecular formula is C19H17FN2O. The molecule has 0 fully saturated rings. The van der Waals surface area contributed by atoms with Gasteiger partial charge in [-0.2, -0.15) is 0 Å². The van der Waals surface area contributed by atoms with Crippen molar-refractivity contribution in [3.05, 3.63) is 71.8 Å². The summed E-state index contributed by atoms with van der Waals surface area (Å²) in [7, 11) is 0. The first kappa shape index (κ1) is 14.2. The van der Waals surface area contributed by atoms with Crippen LogP contribution < -0.4 is 10.1 Å². The average Bonchev–Trinajstić information content (AvgIpc) is 2.60. The van der Waals surface area contributed by atoms with Gasteiger partial charge in [0.25, 0.3) is 0 Å². The van der Waals surface area contributed by atoms with Crippen LogP contribution in [0.2, 0.25) is 0 Å². The van der Waals surface area contributed by atoms with E-state index >= 15 is 0 Å². The number of hydrogen-bond acceptors (Lipinski definition) is 3. The molecule has 1 N–H and O–H groups in total. The van der Waals surface area contributed by atoms with Gasteiger partial charge in [-0.25, -0.2) is 4.39 Å². The van der Waals surface area contributed by atoms with Crippen LogP contribution in [0.4, 0.5) is 4.39 Å². The first-order valence-corrected chi connectivity index (χ1v) is 7.78. The molecular weight excluding hydrogens is 291 g/mol. The Balaban J connectivity index is 1.59. The molecule has 1 aromatic heterocycles. The Kier molecular flexibility index (Phi) is 3.67. The Hall–Kier alpha value is -2.46. The molecule has 3 aromatic rings. The molecule has 2 heterocycles. The highest BCUT2D eigenvalue weighted by Crippen LogP contribution is 2.32. The summed E-state index contributed by atoms with van der Waals surface area (Å²) in [6.45, 7) is 1.37. The smallest absolute Gasteiger partial charge is 0.124 e. The lowest BCUT2D eigenvalue weighted by atomic mass is 9.99. The standard InChI is InChI=1S/C19H17FN2O/c20-15-4-5-19-17(10-15)18(7-9-23-19)22-12-14-3-1-2-13-11-21-8-6-16(13)14/h1-6,8,10-11,18,22H,7,9,12H2/t18-/m0/s1. The molecule has 23 heavy (non-hydrogen) atoms. The number of pyridine rings is 1. The van der Waals surface area contributed by atoms with Gasteiger partial charge in [0.15, 0.2) is 0 Å². The molecule has 0 bridgehead atoms. The first-order valence-electron chi connectivity index (χ1n) is 7.78. The van der Waals surface area contributed by atoms with Crippen LogP contribution in [0.1, 0.15) is 23.6 Å². The second-order valence-electron chi connectivity index (χ2n) is 5.77. The maximum Gasteiger partial charge on any atom is 0.124 e. The zero-order valence-corrected chi connectivity index (χ0v) is 12.6. The average molecular weight is 308 g/mol. The zero-order valence-electron chi connectivity index (χ0n) is 12.6. The van der Waals surface area contributed by atoms with Crippen LogP contribution in [-0.2, 0) is 6.54 Å². The number of halogens is 1. The molecule has 4 heteroatoms. The molecule has 0 radical (unpaired) electrons. The number of fused-ring (bicyclic) bond motifs is 2. The van der Waals surface area contributed by atoms with Crippen LogP contribution in [0, 0.1) is 5.82 Å². The van der Waals surface area contributed by atoms with E-state index < -0.39 is 0 Å². The maximum absolute atomic E-state index is 13.5. The summed E-state index contributed by atoms with van der Waals surface area (Å²) in [6.07, 6.45) is 4.52. The van der Waals surface area contributed by atoms with Crippen molar-refractivity contribution in [1.82, 2.24) is 10.3 Å². The number of nitrogens with one attached hydrogen (secondary N) is 1. The van der Waals surface area contributed by atoms with Crippen LogP contribution in [0.3, 0.4) is 0 Å². The number of hydrogen-bond donors (Lipinski definition) is 1. The van der Waals surface area contributed by atoms with Crippen molar-refractivity contribution >= 4 is 10.8 Å². The lowest BCUT2D eigenvalue weighted by molar-refractivity contribution is 0.251. The van der Waals surface area contributed by atoms with E-state index in [1.54, 1.807) is 12.1 Å². The molecule has 3 nitrogen and oxygen atoms in total. The first-order chi connectivity index (χ1) is 11.3. The van der Waals surface area contributed by atoms with Crippen molar-refractivity contribution < 1.29 is 9.13 Å². The Labute approximate surface area is 134 Å². The van der Waals surface area contributed by atoms with Crippen LogP contribution in [0.5, 0.6) is 5.75 Å². The lowest BCUT2D eigenvalue weighted by Gasteiger charge is -2.27. The van der Waals surface area contributed by atoms with Crippen molar-refractivity contribution in [3.63, 3.8) is 0 Å². The second kappa shape index (κ2) is 5.97. The molecule has 0 saturated carbocycles. The van der Waals surface area contributed by atoms with Gasteiger partial charge >= 0.3 is 0 Å². The summed E-state index contributed by atoms with van der Waals surface area (Å²) >= 11 is 0. The molecule has 0 aliphatic carbocycles. The van der Waals surface area contributed by atoms with Gasteiger partial charge in [-0.1, -0.05) is 18.2 Å². The highest BCUT2D eigenvalue weighted by Gasteiger charge is 2.21. The summed E-state index contributed by atoms with van der Waals surface area (Å²) in [5, 5.41) is 5.87. The fourth-order valence-electron chi connectivity index (χ4n) is 3.15. The lowest BCUT2D eigenvalue weighted by Crippen LogP contribution is -2.27. The van der Waals surface area contributed by atoms with Crippen LogP contribution >= 0.6 is 0 Å². The van der Waals surface area contributed by atoms with E-state index in [2.05, 4.69) is 22.4 Å². The topological polar surface area (TPSA) is 34.2 Å². The SMILES string of the molecule is Fc1ccc2c(c1)[C@@H](NCc1cccc3cnccc13)CCO2. The predicted molar refractivity (Wildman–Crippen MR) is 87.8 cm³/mol.